The molecule has 9 heteroatoms. The van der Waals surface area contributed by atoms with E-state index >= 15 is 0 Å². The number of halogens is 1. The average Bonchev–Trinajstić information content (AvgIpc) is 3.40. The Morgan fingerprint density at radius 3 is 2.60 bits per heavy atom. The van der Waals surface area contributed by atoms with E-state index in [1.165, 1.54) is 0 Å². The fourth-order valence-electron chi connectivity index (χ4n) is 4.17. The van der Waals surface area contributed by atoms with Crippen molar-refractivity contribution in [1.29, 1.82) is 0 Å². The summed E-state index contributed by atoms with van der Waals surface area (Å²) in [5.74, 6) is 0.665. The number of carbonyl (C=O) groups excluding carboxylic acids is 2. The molecule has 5 rings (SSSR count). The number of carbonyl (C=O) groups is 2. The van der Waals surface area contributed by atoms with Crippen molar-refractivity contribution in [2.75, 3.05) is 42.5 Å². The molecule has 0 aliphatic carbocycles. The Morgan fingerprint density at radius 2 is 1.83 bits per heavy atom. The highest BCUT2D eigenvalue weighted by molar-refractivity contribution is 7.16. The molecule has 1 unspecified atom stereocenters. The zero-order chi connectivity index (χ0) is 20.7. The van der Waals surface area contributed by atoms with Crippen molar-refractivity contribution in [3.63, 3.8) is 0 Å². The predicted molar refractivity (Wildman–Crippen MR) is 118 cm³/mol. The Labute approximate surface area is 182 Å². The highest BCUT2D eigenvalue weighted by Gasteiger charge is 2.38. The lowest BCUT2D eigenvalue weighted by Crippen LogP contribution is -2.51. The predicted octanol–water partition coefficient (Wildman–Crippen LogP) is 3.05. The van der Waals surface area contributed by atoms with Crippen LogP contribution < -0.4 is 9.80 Å². The van der Waals surface area contributed by atoms with Crippen LogP contribution in [0.5, 0.6) is 0 Å². The fourth-order valence-corrected chi connectivity index (χ4v) is 5.02. The molecule has 1 atom stereocenters. The number of benzene rings is 1. The standard InChI is InChI=1S/C21H20ClN5O2S/c22-15-1-3-16(4-2-15)27-12-14(11-18(27)28)21(29)26-8-6-25(7-9-26)19-17-5-10-30-20(17)24-13-23-19/h1-5,10,13-14H,6-9,11-12H2. The first-order chi connectivity index (χ1) is 14.6. The lowest BCUT2D eigenvalue weighted by molar-refractivity contribution is -0.136. The van der Waals surface area contributed by atoms with Crippen LogP contribution in [-0.2, 0) is 9.59 Å². The number of anilines is 2. The lowest BCUT2D eigenvalue weighted by atomic mass is 10.1. The molecule has 0 radical (unpaired) electrons. The number of hydrogen-bond acceptors (Lipinski definition) is 6. The van der Waals surface area contributed by atoms with Gasteiger partial charge < -0.3 is 14.7 Å². The summed E-state index contributed by atoms with van der Waals surface area (Å²) in [4.78, 5) is 41.1. The topological polar surface area (TPSA) is 69.6 Å². The Morgan fingerprint density at radius 1 is 1.07 bits per heavy atom. The maximum atomic E-state index is 13.1. The molecule has 0 bridgehead atoms. The number of fused-ring (bicyclic) bond motifs is 1. The van der Waals surface area contributed by atoms with Gasteiger partial charge in [-0.15, -0.1) is 11.3 Å². The second-order valence-corrected chi connectivity index (χ2v) is 8.86. The molecule has 154 valence electrons. The van der Waals surface area contributed by atoms with E-state index in [9.17, 15) is 9.59 Å². The van der Waals surface area contributed by atoms with Gasteiger partial charge in [-0.3, -0.25) is 9.59 Å². The normalized spacial score (nSPS) is 19.7. The largest absolute Gasteiger partial charge is 0.352 e. The zero-order valence-electron chi connectivity index (χ0n) is 16.2. The number of nitrogens with zero attached hydrogens (tertiary/aromatic N) is 5. The van der Waals surface area contributed by atoms with E-state index in [2.05, 4.69) is 14.9 Å². The summed E-state index contributed by atoms with van der Waals surface area (Å²) in [6.07, 6.45) is 1.85. The summed E-state index contributed by atoms with van der Waals surface area (Å²) in [5.41, 5.74) is 0.785. The number of rotatable bonds is 3. The van der Waals surface area contributed by atoms with Crippen LogP contribution in [0, 0.1) is 5.92 Å². The summed E-state index contributed by atoms with van der Waals surface area (Å²) in [6, 6.07) is 9.20. The molecule has 7 nitrogen and oxygen atoms in total. The third-order valence-electron chi connectivity index (χ3n) is 5.74. The first-order valence-corrected chi connectivity index (χ1v) is 11.1. The van der Waals surface area contributed by atoms with E-state index in [-0.39, 0.29) is 24.2 Å². The molecular weight excluding hydrogens is 422 g/mol. The van der Waals surface area contributed by atoms with Gasteiger partial charge >= 0.3 is 0 Å². The molecule has 3 aromatic rings. The quantitative estimate of drug-likeness (QED) is 0.624. The van der Waals surface area contributed by atoms with E-state index in [1.54, 1.807) is 34.7 Å². The molecular formula is C21H20ClN5O2S. The summed E-state index contributed by atoms with van der Waals surface area (Å²) in [5, 5.41) is 3.70. The number of piperazine rings is 1. The van der Waals surface area contributed by atoms with E-state index in [1.807, 2.05) is 28.5 Å². The molecule has 4 heterocycles. The van der Waals surface area contributed by atoms with Crippen molar-refractivity contribution >= 4 is 56.5 Å². The van der Waals surface area contributed by atoms with E-state index < -0.39 is 0 Å². The van der Waals surface area contributed by atoms with E-state index in [0.717, 1.165) is 34.8 Å². The van der Waals surface area contributed by atoms with Crippen molar-refractivity contribution in [3.05, 3.63) is 47.1 Å². The highest BCUT2D eigenvalue weighted by Crippen LogP contribution is 2.29. The Bertz CT molecular complexity index is 1090. The summed E-state index contributed by atoms with van der Waals surface area (Å²) < 4.78 is 0. The van der Waals surface area contributed by atoms with Gasteiger partial charge in [0.05, 0.1) is 11.3 Å². The summed E-state index contributed by atoms with van der Waals surface area (Å²) in [7, 11) is 0. The van der Waals surface area contributed by atoms with Gasteiger partial charge in [0.25, 0.3) is 0 Å². The van der Waals surface area contributed by atoms with E-state index in [0.29, 0.717) is 24.7 Å². The molecule has 30 heavy (non-hydrogen) atoms. The van der Waals surface area contributed by atoms with Gasteiger partial charge in [-0.2, -0.15) is 0 Å². The van der Waals surface area contributed by atoms with Crippen LogP contribution >= 0.6 is 22.9 Å². The molecule has 0 spiro atoms. The Kier molecular flexibility index (Phi) is 5.04. The van der Waals surface area contributed by atoms with Gasteiger partial charge in [0.15, 0.2) is 0 Å². The van der Waals surface area contributed by atoms with Gasteiger partial charge in [0.1, 0.15) is 17.0 Å². The molecule has 0 N–H and O–H groups in total. The second-order valence-electron chi connectivity index (χ2n) is 7.53. The number of amides is 2. The first kappa shape index (κ1) is 19.3. The molecule has 2 fully saturated rings. The maximum Gasteiger partial charge on any atom is 0.228 e. The SMILES string of the molecule is O=C(C1CC(=O)N(c2ccc(Cl)cc2)C1)N1CCN(c2ncnc3sccc23)CC1. The highest BCUT2D eigenvalue weighted by atomic mass is 35.5. The lowest BCUT2D eigenvalue weighted by Gasteiger charge is -2.36. The van der Waals surface area contributed by atoms with Crippen molar-refractivity contribution in [1.82, 2.24) is 14.9 Å². The minimum absolute atomic E-state index is 0.0184. The Balaban J connectivity index is 1.23. The molecule has 2 aromatic heterocycles. The summed E-state index contributed by atoms with van der Waals surface area (Å²) in [6.45, 7) is 3.10. The smallest absolute Gasteiger partial charge is 0.228 e. The van der Waals surface area contributed by atoms with Gasteiger partial charge in [-0.25, -0.2) is 9.97 Å². The molecule has 2 aliphatic heterocycles. The molecule has 2 saturated heterocycles. The van der Waals surface area contributed by atoms with Crippen LogP contribution in [0.3, 0.4) is 0 Å². The minimum atomic E-state index is -0.303. The minimum Gasteiger partial charge on any atom is -0.352 e. The number of aromatic nitrogens is 2. The monoisotopic (exact) mass is 441 g/mol. The van der Waals surface area contributed by atoms with Crippen molar-refractivity contribution in [2.45, 2.75) is 6.42 Å². The van der Waals surface area contributed by atoms with Gasteiger partial charge in [-0.05, 0) is 35.7 Å². The first-order valence-electron chi connectivity index (χ1n) is 9.88. The van der Waals surface area contributed by atoms with Crippen LogP contribution in [0.1, 0.15) is 6.42 Å². The summed E-state index contributed by atoms with van der Waals surface area (Å²) >= 11 is 7.54. The third-order valence-corrected chi connectivity index (χ3v) is 6.82. The van der Waals surface area contributed by atoms with Gasteiger partial charge in [0, 0.05) is 49.9 Å². The second kappa shape index (κ2) is 7.85. The average molecular weight is 442 g/mol. The van der Waals surface area contributed by atoms with Crippen LogP contribution in [-0.4, -0.2) is 59.4 Å². The third kappa shape index (κ3) is 3.50. The van der Waals surface area contributed by atoms with Crippen molar-refractivity contribution in [3.8, 4) is 0 Å². The number of thiophene rings is 1. The van der Waals surface area contributed by atoms with Crippen LogP contribution in [0.15, 0.2) is 42.0 Å². The van der Waals surface area contributed by atoms with Gasteiger partial charge in [-0.1, -0.05) is 11.6 Å². The molecule has 2 aliphatic rings. The van der Waals surface area contributed by atoms with Gasteiger partial charge in [0.2, 0.25) is 11.8 Å². The fraction of sp³-hybridized carbons (Fsp3) is 0.333. The van der Waals surface area contributed by atoms with E-state index in [4.69, 9.17) is 11.6 Å². The van der Waals surface area contributed by atoms with Crippen LogP contribution in [0.4, 0.5) is 11.5 Å². The maximum absolute atomic E-state index is 13.1. The molecule has 1 aromatic carbocycles. The zero-order valence-corrected chi connectivity index (χ0v) is 17.8. The number of hydrogen-bond donors (Lipinski definition) is 0. The van der Waals surface area contributed by atoms with Crippen LogP contribution in [0.2, 0.25) is 5.02 Å². The van der Waals surface area contributed by atoms with Crippen molar-refractivity contribution < 1.29 is 9.59 Å². The molecule has 2 amide bonds. The molecule has 0 saturated carbocycles. The Hall–Kier alpha value is -2.71. The van der Waals surface area contributed by atoms with Crippen LogP contribution in [0.25, 0.3) is 10.2 Å². The van der Waals surface area contributed by atoms with Crippen molar-refractivity contribution in [2.24, 2.45) is 5.92 Å².